The topological polar surface area (TPSA) is 53.3 Å². The van der Waals surface area contributed by atoms with Gasteiger partial charge in [-0.15, -0.1) is 0 Å². The molecule has 0 radical (unpaired) electrons. The van der Waals surface area contributed by atoms with Crippen molar-refractivity contribution in [3.63, 3.8) is 0 Å². The SMILES string of the molecule is Cc1ccc(N2CC(C#N)OCC2=O)cc1C. The molecule has 0 saturated carbocycles. The number of hydrogen-bond acceptors (Lipinski definition) is 3. The third-order valence-corrected chi connectivity index (χ3v) is 3.00. The predicted octanol–water partition coefficient (Wildman–Crippen LogP) is 1.56. The lowest BCUT2D eigenvalue weighted by Crippen LogP contribution is -2.46. The molecular formula is C13H14N2O2. The van der Waals surface area contributed by atoms with Crippen LogP contribution in [0, 0.1) is 25.2 Å². The van der Waals surface area contributed by atoms with Crippen molar-refractivity contribution in [2.45, 2.75) is 20.0 Å². The fourth-order valence-corrected chi connectivity index (χ4v) is 1.79. The second-order valence-corrected chi connectivity index (χ2v) is 4.20. The molecule has 1 atom stereocenters. The molecule has 0 aliphatic carbocycles. The van der Waals surface area contributed by atoms with Crippen LogP contribution in [0.1, 0.15) is 11.1 Å². The van der Waals surface area contributed by atoms with Crippen LogP contribution >= 0.6 is 0 Å². The molecule has 1 aliphatic rings. The summed E-state index contributed by atoms with van der Waals surface area (Å²) in [5.41, 5.74) is 3.16. The molecule has 0 aromatic heterocycles. The number of carbonyl (C=O) groups is 1. The van der Waals surface area contributed by atoms with Crippen molar-refractivity contribution >= 4 is 11.6 Å². The molecule has 2 rings (SSSR count). The van der Waals surface area contributed by atoms with E-state index in [0.29, 0.717) is 6.54 Å². The summed E-state index contributed by atoms with van der Waals surface area (Å²) in [6, 6.07) is 7.88. The van der Waals surface area contributed by atoms with Gasteiger partial charge in [-0.1, -0.05) is 6.07 Å². The lowest BCUT2D eigenvalue weighted by molar-refractivity contribution is -0.127. The molecule has 1 aromatic rings. The minimum atomic E-state index is -0.533. The number of carbonyl (C=O) groups excluding carboxylic acids is 1. The average molecular weight is 230 g/mol. The highest BCUT2D eigenvalue weighted by atomic mass is 16.5. The third kappa shape index (κ3) is 2.29. The van der Waals surface area contributed by atoms with Gasteiger partial charge in [-0.05, 0) is 37.1 Å². The van der Waals surface area contributed by atoms with E-state index in [1.165, 1.54) is 5.56 Å². The molecule has 1 fully saturated rings. The summed E-state index contributed by atoms with van der Waals surface area (Å²) in [6.07, 6.45) is -0.533. The maximum atomic E-state index is 11.7. The van der Waals surface area contributed by atoms with Crippen LogP contribution in [-0.2, 0) is 9.53 Å². The Hall–Kier alpha value is -1.86. The van der Waals surface area contributed by atoms with Crippen molar-refractivity contribution < 1.29 is 9.53 Å². The third-order valence-electron chi connectivity index (χ3n) is 3.00. The van der Waals surface area contributed by atoms with Gasteiger partial charge in [0.05, 0.1) is 12.6 Å². The molecule has 1 heterocycles. The first-order chi connectivity index (χ1) is 8.11. The number of benzene rings is 1. The smallest absolute Gasteiger partial charge is 0.253 e. The fraction of sp³-hybridized carbons (Fsp3) is 0.385. The van der Waals surface area contributed by atoms with E-state index >= 15 is 0 Å². The van der Waals surface area contributed by atoms with E-state index < -0.39 is 6.10 Å². The highest BCUT2D eigenvalue weighted by Crippen LogP contribution is 2.21. The van der Waals surface area contributed by atoms with E-state index in [2.05, 4.69) is 0 Å². The monoisotopic (exact) mass is 230 g/mol. The largest absolute Gasteiger partial charge is 0.352 e. The number of amides is 1. The van der Waals surface area contributed by atoms with Gasteiger partial charge in [0.15, 0.2) is 6.10 Å². The van der Waals surface area contributed by atoms with Gasteiger partial charge in [0.25, 0.3) is 5.91 Å². The minimum Gasteiger partial charge on any atom is -0.352 e. The molecule has 1 saturated heterocycles. The summed E-state index contributed by atoms with van der Waals surface area (Å²) in [7, 11) is 0. The summed E-state index contributed by atoms with van der Waals surface area (Å²) in [4.78, 5) is 13.4. The van der Waals surface area contributed by atoms with Gasteiger partial charge in [0, 0.05) is 5.69 Å². The molecule has 1 aliphatic heterocycles. The number of morpholine rings is 1. The Morgan fingerprint density at radius 1 is 1.41 bits per heavy atom. The lowest BCUT2D eigenvalue weighted by Gasteiger charge is -2.30. The fourth-order valence-electron chi connectivity index (χ4n) is 1.79. The molecular weight excluding hydrogens is 216 g/mol. The Morgan fingerprint density at radius 2 is 2.18 bits per heavy atom. The second kappa shape index (κ2) is 4.56. The Balaban J connectivity index is 2.28. The van der Waals surface area contributed by atoms with Crippen molar-refractivity contribution in [2.75, 3.05) is 18.1 Å². The van der Waals surface area contributed by atoms with Gasteiger partial charge in [0.2, 0.25) is 0 Å². The molecule has 88 valence electrons. The van der Waals surface area contributed by atoms with Crippen LogP contribution in [0.15, 0.2) is 18.2 Å². The maximum absolute atomic E-state index is 11.7. The van der Waals surface area contributed by atoms with Crippen LogP contribution in [0.2, 0.25) is 0 Å². The first-order valence-corrected chi connectivity index (χ1v) is 5.50. The quantitative estimate of drug-likeness (QED) is 0.735. The summed E-state index contributed by atoms with van der Waals surface area (Å²) < 4.78 is 5.09. The summed E-state index contributed by atoms with van der Waals surface area (Å²) in [6.45, 7) is 4.31. The standard InChI is InChI=1S/C13H14N2O2/c1-9-3-4-11(5-10(9)2)15-7-12(6-14)17-8-13(15)16/h3-5,12H,7-8H2,1-2H3. The number of hydrogen-bond donors (Lipinski definition) is 0. The Bertz CT molecular complexity index is 491. The molecule has 0 N–H and O–H groups in total. The van der Waals surface area contributed by atoms with Crippen molar-refractivity contribution in [3.8, 4) is 6.07 Å². The number of anilines is 1. The van der Waals surface area contributed by atoms with Gasteiger partial charge in [-0.2, -0.15) is 5.26 Å². The molecule has 1 amide bonds. The van der Waals surface area contributed by atoms with Gasteiger partial charge in [-0.25, -0.2) is 0 Å². The van der Waals surface area contributed by atoms with Crippen molar-refractivity contribution in [2.24, 2.45) is 0 Å². The molecule has 4 nitrogen and oxygen atoms in total. The van der Waals surface area contributed by atoms with Crippen molar-refractivity contribution in [1.29, 1.82) is 5.26 Å². The van der Waals surface area contributed by atoms with E-state index in [9.17, 15) is 4.79 Å². The van der Waals surface area contributed by atoms with Crippen LogP contribution in [0.25, 0.3) is 0 Å². The zero-order valence-corrected chi connectivity index (χ0v) is 9.93. The molecule has 4 heteroatoms. The first-order valence-electron chi connectivity index (χ1n) is 5.50. The first kappa shape index (κ1) is 11.6. The maximum Gasteiger partial charge on any atom is 0.253 e. The van der Waals surface area contributed by atoms with E-state index in [0.717, 1.165) is 11.3 Å². The number of nitriles is 1. The Morgan fingerprint density at radius 3 is 2.82 bits per heavy atom. The minimum absolute atomic E-state index is 0.0227. The van der Waals surface area contributed by atoms with Gasteiger partial charge in [0.1, 0.15) is 6.61 Å². The Labute approximate surface area is 100 Å². The number of aryl methyl sites for hydroxylation is 2. The highest BCUT2D eigenvalue weighted by Gasteiger charge is 2.27. The number of nitrogens with zero attached hydrogens (tertiary/aromatic N) is 2. The Kier molecular flexibility index (Phi) is 3.12. The lowest BCUT2D eigenvalue weighted by atomic mass is 10.1. The van der Waals surface area contributed by atoms with Crippen molar-refractivity contribution in [3.05, 3.63) is 29.3 Å². The van der Waals surface area contributed by atoms with Crippen LogP contribution in [0.4, 0.5) is 5.69 Å². The van der Waals surface area contributed by atoms with E-state index in [4.69, 9.17) is 10.00 Å². The molecule has 0 spiro atoms. The molecule has 1 aromatic carbocycles. The van der Waals surface area contributed by atoms with E-state index in [1.807, 2.05) is 38.1 Å². The second-order valence-electron chi connectivity index (χ2n) is 4.20. The van der Waals surface area contributed by atoms with E-state index in [1.54, 1.807) is 4.90 Å². The van der Waals surface area contributed by atoms with Crippen LogP contribution in [0.3, 0.4) is 0 Å². The zero-order valence-electron chi connectivity index (χ0n) is 9.93. The molecule has 17 heavy (non-hydrogen) atoms. The highest BCUT2D eigenvalue weighted by molar-refractivity contribution is 5.95. The van der Waals surface area contributed by atoms with Gasteiger partial charge < -0.3 is 9.64 Å². The number of ether oxygens (including phenoxy) is 1. The predicted molar refractivity (Wildman–Crippen MR) is 63.6 cm³/mol. The molecule has 0 bridgehead atoms. The normalized spacial score (nSPS) is 20.2. The van der Waals surface area contributed by atoms with Crippen LogP contribution in [0.5, 0.6) is 0 Å². The molecule has 1 unspecified atom stereocenters. The number of rotatable bonds is 1. The summed E-state index contributed by atoms with van der Waals surface area (Å²) in [5.74, 6) is -0.0975. The zero-order chi connectivity index (χ0) is 12.4. The van der Waals surface area contributed by atoms with Crippen LogP contribution < -0.4 is 4.90 Å². The van der Waals surface area contributed by atoms with Crippen molar-refractivity contribution in [1.82, 2.24) is 0 Å². The summed E-state index contributed by atoms with van der Waals surface area (Å²) >= 11 is 0. The van der Waals surface area contributed by atoms with Gasteiger partial charge >= 0.3 is 0 Å². The van der Waals surface area contributed by atoms with E-state index in [-0.39, 0.29) is 12.5 Å². The van der Waals surface area contributed by atoms with Crippen LogP contribution in [-0.4, -0.2) is 25.2 Å². The summed E-state index contributed by atoms with van der Waals surface area (Å²) in [5, 5.41) is 8.83. The van der Waals surface area contributed by atoms with Gasteiger partial charge in [-0.3, -0.25) is 4.79 Å². The average Bonchev–Trinajstić information content (AvgIpc) is 2.33.